The molecule has 1 saturated carbocycles. The molecule has 1 aliphatic carbocycles. The third-order valence-electron chi connectivity index (χ3n) is 4.83. The molecule has 1 amide bonds. The van der Waals surface area contributed by atoms with Crippen molar-refractivity contribution in [2.45, 2.75) is 90.3 Å². The van der Waals surface area contributed by atoms with Gasteiger partial charge in [-0.25, -0.2) is 4.79 Å². The summed E-state index contributed by atoms with van der Waals surface area (Å²) in [6.07, 6.45) is 6.34. The van der Waals surface area contributed by atoms with E-state index in [9.17, 15) is 14.7 Å². The van der Waals surface area contributed by atoms with Crippen LogP contribution in [0.25, 0.3) is 0 Å². The van der Waals surface area contributed by atoms with Crippen LogP contribution < -0.4 is 11.1 Å². The highest BCUT2D eigenvalue weighted by atomic mass is 16.5. The number of nitrogens with two attached hydrogens (primary N) is 1. The number of rotatable bonds is 10. The third kappa shape index (κ3) is 8.68. The van der Waals surface area contributed by atoms with Crippen molar-refractivity contribution in [3.63, 3.8) is 0 Å². The second-order valence-electron chi connectivity index (χ2n) is 7.68. The van der Waals surface area contributed by atoms with E-state index in [1.165, 1.54) is 19.3 Å². The Kier molecular flexibility index (Phi) is 10.0. The van der Waals surface area contributed by atoms with Crippen molar-refractivity contribution in [2.24, 2.45) is 17.6 Å². The van der Waals surface area contributed by atoms with Crippen molar-refractivity contribution in [1.29, 1.82) is 0 Å². The molecule has 0 spiro atoms. The Hall–Kier alpha value is -1.14. The van der Waals surface area contributed by atoms with Crippen molar-refractivity contribution < 1.29 is 19.4 Å². The fraction of sp³-hybridized carbons (Fsp3) is 0.895. The van der Waals surface area contributed by atoms with Crippen LogP contribution >= 0.6 is 0 Å². The molecule has 3 atom stereocenters. The molecule has 0 bridgehead atoms. The molecule has 0 radical (unpaired) electrons. The molecule has 0 unspecified atom stereocenters. The second-order valence-corrected chi connectivity index (χ2v) is 7.68. The molecular weight excluding hydrogens is 320 g/mol. The number of aliphatic hydroxyl groups is 1. The first-order valence-corrected chi connectivity index (χ1v) is 9.73. The van der Waals surface area contributed by atoms with Crippen molar-refractivity contribution in [2.75, 3.05) is 6.61 Å². The Morgan fingerprint density at radius 3 is 2.44 bits per heavy atom. The SMILES string of the molecule is CCOC(=O)[C@H](CC(C)C)NC(=O)C[C@H](O)[C@@H](N)CC1CCCCC1. The van der Waals surface area contributed by atoms with Crippen LogP contribution in [-0.2, 0) is 14.3 Å². The number of carbonyl (C=O) groups excluding carboxylic acids is 2. The van der Waals surface area contributed by atoms with Crippen LogP contribution in [-0.4, -0.2) is 41.8 Å². The van der Waals surface area contributed by atoms with Crippen LogP contribution in [0.3, 0.4) is 0 Å². The van der Waals surface area contributed by atoms with E-state index in [2.05, 4.69) is 5.32 Å². The Labute approximate surface area is 151 Å². The minimum absolute atomic E-state index is 0.0815. The molecule has 6 nitrogen and oxygen atoms in total. The minimum atomic E-state index is -0.885. The van der Waals surface area contributed by atoms with Crippen LogP contribution in [0.2, 0.25) is 0 Å². The lowest BCUT2D eigenvalue weighted by atomic mass is 9.83. The molecule has 0 heterocycles. The largest absolute Gasteiger partial charge is 0.464 e. The van der Waals surface area contributed by atoms with Crippen LogP contribution in [0, 0.1) is 11.8 Å². The van der Waals surface area contributed by atoms with Crippen molar-refractivity contribution >= 4 is 11.9 Å². The van der Waals surface area contributed by atoms with Gasteiger partial charge < -0.3 is 20.9 Å². The van der Waals surface area contributed by atoms with Crippen molar-refractivity contribution in [3.8, 4) is 0 Å². The predicted molar refractivity (Wildman–Crippen MR) is 97.8 cm³/mol. The summed E-state index contributed by atoms with van der Waals surface area (Å²) in [5, 5.41) is 12.9. The van der Waals surface area contributed by atoms with E-state index in [1.807, 2.05) is 13.8 Å². The number of ether oxygens (including phenoxy) is 1. The van der Waals surface area contributed by atoms with E-state index in [4.69, 9.17) is 10.5 Å². The highest BCUT2D eigenvalue weighted by Gasteiger charge is 2.27. The number of hydrogen-bond donors (Lipinski definition) is 3. The minimum Gasteiger partial charge on any atom is -0.464 e. The molecule has 4 N–H and O–H groups in total. The first-order chi connectivity index (χ1) is 11.8. The summed E-state index contributed by atoms with van der Waals surface area (Å²) in [6.45, 7) is 5.97. The lowest BCUT2D eigenvalue weighted by Gasteiger charge is -2.27. The maximum atomic E-state index is 12.2. The van der Waals surface area contributed by atoms with E-state index in [1.54, 1.807) is 6.92 Å². The molecule has 146 valence electrons. The Morgan fingerprint density at radius 2 is 1.88 bits per heavy atom. The van der Waals surface area contributed by atoms with Gasteiger partial charge in [-0.15, -0.1) is 0 Å². The fourth-order valence-electron chi connectivity index (χ4n) is 3.49. The molecule has 0 saturated heterocycles. The van der Waals surface area contributed by atoms with Crippen LogP contribution in [0.1, 0.15) is 72.1 Å². The molecule has 0 aromatic heterocycles. The number of nitrogens with one attached hydrogen (secondary N) is 1. The molecule has 25 heavy (non-hydrogen) atoms. The number of esters is 1. The van der Waals surface area contributed by atoms with Gasteiger partial charge in [-0.3, -0.25) is 4.79 Å². The van der Waals surface area contributed by atoms with Gasteiger partial charge in [0.05, 0.1) is 19.1 Å². The van der Waals surface area contributed by atoms with Crippen molar-refractivity contribution in [3.05, 3.63) is 0 Å². The quantitative estimate of drug-likeness (QED) is 0.521. The first kappa shape index (κ1) is 21.9. The van der Waals surface area contributed by atoms with Gasteiger partial charge >= 0.3 is 5.97 Å². The van der Waals surface area contributed by atoms with Gasteiger partial charge in [0.2, 0.25) is 5.91 Å². The summed E-state index contributed by atoms with van der Waals surface area (Å²) in [5.74, 6) is 0.0127. The molecular formula is C19H36N2O4. The standard InChI is InChI=1S/C19H36N2O4/c1-4-25-19(24)16(10-13(2)3)21-18(23)12-17(22)15(20)11-14-8-6-5-7-9-14/h13-17,22H,4-12,20H2,1-3H3,(H,21,23)/t15-,16-,17-/m0/s1. The van der Waals surface area contributed by atoms with Crippen LogP contribution in [0.4, 0.5) is 0 Å². The Bertz CT molecular complexity index is 408. The van der Waals surface area contributed by atoms with Gasteiger partial charge in [0.15, 0.2) is 0 Å². The zero-order valence-corrected chi connectivity index (χ0v) is 16.0. The van der Waals surface area contributed by atoms with Gasteiger partial charge in [-0.1, -0.05) is 46.0 Å². The van der Waals surface area contributed by atoms with Crippen LogP contribution in [0.15, 0.2) is 0 Å². The molecule has 0 aliphatic heterocycles. The third-order valence-corrected chi connectivity index (χ3v) is 4.83. The van der Waals surface area contributed by atoms with E-state index >= 15 is 0 Å². The lowest BCUT2D eigenvalue weighted by molar-refractivity contribution is -0.148. The highest BCUT2D eigenvalue weighted by molar-refractivity contribution is 5.84. The number of aliphatic hydroxyl groups excluding tert-OH is 1. The normalized spacial score (nSPS) is 19.3. The molecule has 1 aliphatic rings. The molecule has 0 aromatic rings. The van der Waals surface area contributed by atoms with Gasteiger partial charge in [0, 0.05) is 6.04 Å². The molecule has 6 heteroatoms. The van der Waals surface area contributed by atoms with E-state index in [0.29, 0.717) is 12.3 Å². The highest BCUT2D eigenvalue weighted by Crippen LogP contribution is 2.27. The Morgan fingerprint density at radius 1 is 1.24 bits per heavy atom. The zero-order chi connectivity index (χ0) is 18.8. The van der Waals surface area contributed by atoms with Crippen LogP contribution in [0.5, 0.6) is 0 Å². The summed E-state index contributed by atoms with van der Waals surface area (Å²) >= 11 is 0. The number of amides is 1. The average molecular weight is 357 g/mol. The zero-order valence-electron chi connectivity index (χ0n) is 16.0. The Balaban J connectivity index is 2.46. The summed E-state index contributed by atoms with van der Waals surface area (Å²) < 4.78 is 5.02. The predicted octanol–water partition coefficient (Wildman–Crippen LogP) is 2.13. The monoisotopic (exact) mass is 356 g/mol. The maximum absolute atomic E-state index is 12.2. The molecule has 1 rings (SSSR count). The number of hydrogen-bond acceptors (Lipinski definition) is 5. The smallest absolute Gasteiger partial charge is 0.328 e. The average Bonchev–Trinajstić information content (AvgIpc) is 2.54. The first-order valence-electron chi connectivity index (χ1n) is 9.73. The van der Waals surface area contributed by atoms with Gasteiger partial charge in [0.25, 0.3) is 0 Å². The van der Waals surface area contributed by atoms with Gasteiger partial charge in [-0.2, -0.15) is 0 Å². The van der Waals surface area contributed by atoms with Gasteiger partial charge in [0.1, 0.15) is 6.04 Å². The topological polar surface area (TPSA) is 102 Å². The maximum Gasteiger partial charge on any atom is 0.328 e. The van der Waals surface area contributed by atoms with Gasteiger partial charge in [-0.05, 0) is 31.6 Å². The second kappa shape index (κ2) is 11.5. The summed E-state index contributed by atoms with van der Waals surface area (Å²) in [7, 11) is 0. The van der Waals surface area contributed by atoms with Crippen molar-refractivity contribution in [1.82, 2.24) is 5.32 Å². The lowest BCUT2D eigenvalue weighted by Crippen LogP contribution is -2.46. The fourth-order valence-corrected chi connectivity index (χ4v) is 3.49. The molecule has 0 aromatic carbocycles. The summed E-state index contributed by atoms with van der Waals surface area (Å²) in [4.78, 5) is 24.2. The molecule has 1 fully saturated rings. The summed E-state index contributed by atoms with van der Waals surface area (Å²) in [5.41, 5.74) is 6.09. The van der Waals surface area contributed by atoms with E-state index in [-0.39, 0.29) is 24.9 Å². The summed E-state index contributed by atoms with van der Waals surface area (Å²) in [6, 6.07) is -1.07. The number of carbonyl (C=O) groups is 2. The van der Waals surface area contributed by atoms with E-state index < -0.39 is 24.2 Å². The van der Waals surface area contributed by atoms with E-state index in [0.717, 1.165) is 19.3 Å².